The van der Waals surface area contributed by atoms with Gasteiger partial charge in [-0.3, -0.25) is 4.57 Å². The molecule has 1 aliphatic rings. The molecular formula is C12H23N5S. The molecule has 102 valence electrons. The van der Waals surface area contributed by atoms with E-state index in [9.17, 15) is 0 Å². The van der Waals surface area contributed by atoms with E-state index in [-0.39, 0.29) is 0 Å². The van der Waals surface area contributed by atoms with Crippen LogP contribution in [0.1, 0.15) is 26.2 Å². The number of hydrogen-bond acceptors (Lipinski definition) is 4. The molecule has 1 aromatic heterocycles. The highest BCUT2D eigenvalue weighted by molar-refractivity contribution is 7.71. The number of anilines is 1. The maximum Gasteiger partial charge on any atom is 0.225 e. The largest absolute Gasteiger partial charge is 0.341 e. The molecule has 2 rings (SSSR count). The Kier molecular flexibility index (Phi) is 4.40. The van der Waals surface area contributed by atoms with Crippen molar-refractivity contribution in [3.8, 4) is 0 Å². The van der Waals surface area contributed by atoms with Gasteiger partial charge < -0.3 is 9.80 Å². The summed E-state index contributed by atoms with van der Waals surface area (Å²) in [6.45, 7) is 5.23. The van der Waals surface area contributed by atoms with E-state index in [1.165, 1.54) is 12.8 Å². The lowest BCUT2D eigenvalue weighted by molar-refractivity contribution is 0.248. The van der Waals surface area contributed by atoms with Crippen LogP contribution in [0.2, 0.25) is 0 Å². The molecule has 0 unspecified atom stereocenters. The highest BCUT2D eigenvalue weighted by Gasteiger charge is 2.23. The highest BCUT2D eigenvalue weighted by atomic mass is 32.1. The molecule has 2 heterocycles. The topological polar surface area (TPSA) is 40.1 Å². The first-order chi connectivity index (χ1) is 8.63. The molecule has 0 saturated carbocycles. The Bertz CT molecular complexity index is 428. The average molecular weight is 269 g/mol. The van der Waals surface area contributed by atoms with Crippen molar-refractivity contribution in [1.82, 2.24) is 19.7 Å². The molecule has 0 aliphatic carbocycles. The summed E-state index contributed by atoms with van der Waals surface area (Å²) in [5, 5.41) is 7.30. The first-order valence-electron chi connectivity index (χ1n) is 6.70. The van der Waals surface area contributed by atoms with Crippen molar-refractivity contribution in [2.24, 2.45) is 0 Å². The lowest BCUT2D eigenvalue weighted by atomic mass is 10.0. The second kappa shape index (κ2) is 5.84. The van der Waals surface area contributed by atoms with Crippen molar-refractivity contribution < 1.29 is 0 Å². The maximum absolute atomic E-state index is 5.28. The second-order valence-corrected chi connectivity index (χ2v) is 5.55. The van der Waals surface area contributed by atoms with Crippen molar-refractivity contribution in [2.75, 3.05) is 32.1 Å². The molecule has 0 aromatic carbocycles. The summed E-state index contributed by atoms with van der Waals surface area (Å²) in [6.07, 6.45) is 3.46. The van der Waals surface area contributed by atoms with E-state index < -0.39 is 0 Å². The third-order valence-corrected chi connectivity index (χ3v) is 3.97. The van der Waals surface area contributed by atoms with Crippen LogP contribution < -0.4 is 4.90 Å². The molecule has 1 aromatic rings. The number of piperidine rings is 1. The van der Waals surface area contributed by atoms with Gasteiger partial charge in [-0.25, -0.2) is 5.10 Å². The zero-order chi connectivity index (χ0) is 13.1. The minimum atomic E-state index is 0.697. The van der Waals surface area contributed by atoms with Crippen LogP contribution in [-0.4, -0.2) is 52.9 Å². The van der Waals surface area contributed by atoms with Crippen LogP contribution in [0.15, 0.2) is 0 Å². The van der Waals surface area contributed by atoms with Gasteiger partial charge in [-0.1, -0.05) is 6.92 Å². The Morgan fingerprint density at radius 3 is 2.61 bits per heavy atom. The molecule has 1 fully saturated rings. The van der Waals surface area contributed by atoms with Crippen LogP contribution in [0.3, 0.4) is 0 Å². The van der Waals surface area contributed by atoms with Crippen LogP contribution in [0, 0.1) is 4.77 Å². The average Bonchev–Trinajstić information content (AvgIpc) is 2.72. The van der Waals surface area contributed by atoms with E-state index in [0.29, 0.717) is 6.04 Å². The fraction of sp³-hybridized carbons (Fsp3) is 0.833. The van der Waals surface area contributed by atoms with Gasteiger partial charge >= 0.3 is 0 Å². The van der Waals surface area contributed by atoms with Crippen molar-refractivity contribution in [3.05, 3.63) is 4.77 Å². The van der Waals surface area contributed by atoms with Crippen LogP contribution in [-0.2, 0) is 6.54 Å². The van der Waals surface area contributed by atoms with E-state index in [1.807, 2.05) is 0 Å². The zero-order valence-electron chi connectivity index (χ0n) is 11.5. The molecular weight excluding hydrogens is 246 g/mol. The summed E-state index contributed by atoms with van der Waals surface area (Å²) in [6, 6.07) is 0.697. The Hall–Kier alpha value is -0.880. The van der Waals surface area contributed by atoms with Gasteiger partial charge in [0.2, 0.25) is 5.95 Å². The van der Waals surface area contributed by atoms with E-state index in [4.69, 9.17) is 12.2 Å². The smallest absolute Gasteiger partial charge is 0.225 e. The van der Waals surface area contributed by atoms with E-state index in [0.717, 1.165) is 36.8 Å². The Morgan fingerprint density at radius 1 is 1.39 bits per heavy atom. The Labute approximate surface area is 114 Å². The first-order valence-corrected chi connectivity index (χ1v) is 7.11. The molecule has 1 N–H and O–H groups in total. The van der Waals surface area contributed by atoms with Gasteiger partial charge in [0, 0.05) is 25.7 Å². The SMILES string of the molecule is CCCn1c(N2CCC(N(C)C)CC2)n[nH]c1=S. The maximum atomic E-state index is 5.28. The van der Waals surface area contributed by atoms with Gasteiger partial charge in [0.25, 0.3) is 0 Å². The number of aromatic nitrogens is 3. The van der Waals surface area contributed by atoms with Crippen LogP contribution >= 0.6 is 12.2 Å². The Morgan fingerprint density at radius 2 is 2.06 bits per heavy atom. The molecule has 0 atom stereocenters. The minimum Gasteiger partial charge on any atom is -0.341 e. The summed E-state index contributed by atoms with van der Waals surface area (Å²) in [5.41, 5.74) is 0. The Balaban J connectivity index is 2.07. The third-order valence-electron chi connectivity index (χ3n) is 3.66. The molecule has 0 radical (unpaired) electrons. The third kappa shape index (κ3) is 2.75. The molecule has 0 bridgehead atoms. The predicted octanol–water partition coefficient (Wildman–Crippen LogP) is 1.88. The lowest BCUT2D eigenvalue weighted by Crippen LogP contribution is -2.42. The zero-order valence-corrected chi connectivity index (χ0v) is 12.3. The van der Waals surface area contributed by atoms with Crippen LogP contribution in [0.4, 0.5) is 5.95 Å². The molecule has 0 amide bonds. The summed E-state index contributed by atoms with van der Waals surface area (Å²) < 4.78 is 2.85. The summed E-state index contributed by atoms with van der Waals surface area (Å²) in [5.74, 6) is 1.01. The normalized spacial score (nSPS) is 17.7. The van der Waals surface area contributed by atoms with E-state index in [1.54, 1.807) is 0 Å². The van der Waals surface area contributed by atoms with Gasteiger partial charge in [-0.2, -0.15) is 0 Å². The fourth-order valence-electron chi connectivity index (χ4n) is 2.56. The van der Waals surface area contributed by atoms with Crippen molar-refractivity contribution in [3.63, 3.8) is 0 Å². The fourth-order valence-corrected chi connectivity index (χ4v) is 2.78. The van der Waals surface area contributed by atoms with E-state index in [2.05, 4.69) is 45.6 Å². The lowest BCUT2D eigenvalue weighted by Gasteiger charge is -2.35. The van der Waals surface area contributed by atoms with Gasteiger partial charge in [-0.05, 0) is 45.6 Å². The van der Waals surface area contributed by atoms with Crippen molar-refractivity contribution >= 4 is 18.2 Å². The molecule has 1 aliphatic heterocycles. The number of hydrogen-bond donors (Lipinski definition) is 1. The minimum absolute atomic E-state index is 0.697. The number of rotatable bonds is 4. The second-order valence-electron chi connectivity index (χ2n) is 5.16. The first kappa shape index (κ1) is 13.5. The standard InChI is InChI=1S/C12H23N5S/c1-4-7-17-11(13-14-12(17)18)16-8-5-10(6-9-16)15(2)3/h10H,4-9H2,1-3H3,(H,14,18). The van der Waals surface area contributed by atoms with Gasteiger partial charge in [0.1, 0.15) is 0 Å². The highest BCUT2D eigenvalue weighted by Crippen LogP contribution is 2.20. The molecule has 0 spiro atoms. The molecule has 18 heavy (non-hydrogen) atoms. The molecule has 6 heteroatoms. The summed E-state index contributed by atoms with van der Waals surface area (Å²) in [4.78, 5) is 4.67. The van der Waals surface area contributed by atoms with Crippen molar-refractivity contribution in [2.45, 2.75) is 38.8 Å². The number of nitrogens with zero attached hydrogens (tertiary/aromatic N) is 4. The van der Waals surface area contributed by atoms with Gasteiger partial charge in [-0.15, -0.1) is 5.10 Å². The van der Waals surface area contributed by atoms with Crippen LogP contribution in [0.5, 0.6) is 0 Å². The number of aromatic amines is 1. The number of nitrogens with one attached hydrogen (secondary N) is 1. The quantitative estimate of drug-likeness (QED) is 0.847. The van der Waals surface area contributed by atoms with Gasteiger partial charge in [0.15, 0.2) is 4.77 Å². The van der Waals surface area contributed by atoms with E-state index >= 15 is 0 Å². The predicted molar refractivity (Wildman–Crippen MR) is 76.6 cm³/mol. The summed E-state index contributed by atoms with van der Waals surface area (Å²) in [7, 11) is 4.32. The van der Waals surface area contributed by atoms with Crippen molar-refractivity contribution in [1.29, 1.82) is 0 Å². The van der Waals surface area contributed by atoms with Gasteiger partial charge in [0.05, 0.1) is 0 Å². The molecule has 5 nitrogen and oxygen atoms in total. The summed E-state index contributed by atoms with van der Waals surface area (Å²) >= 11 is 5.28. The molecule has 1 saturated heterocycles. The monoisotopic (exact) mass is 269 g/mol. The number of H-pyrrole nitrogens is 1. The van der Waals surface area contributed by atoms with Crippen LogP contribution in [0.25, 0.3) is 0 Å².